The van der Waals surface area contributed by atoms with Gasteiger partial charge in [-0.2, -0.15) is 0 Å². The van der Waals surface area contributed by atoms with Crippen molar-refractivity contribution in [2.45, 2.75) is 64.7 Å². The fourth-order valence-corrected chi connectivity index (χ4v) is 5.69. The van der Waals surface area contributed by atoms with Gasteiger partial charge in [0.15, 0.2) is 9.84 Å². The lowest BCUT2D eigenvalue weighted by Gasteiger charge is -2.06. The predicted molar refractivity (Wildman–Crippen MR) is 157 cm³/mol. The average Bonchev–Trinajstić information content (AvgIpc) is 3.39. The second-order valence-corrected chi connectivity index (χ2v) is 12.1. The van der Waals surface area contributed by atoms with Crippen LogP contribution in [0.3, 0.4) is 0 Å². The van der Waals surface area contributed by atoms with Crippen LogP contribution in [0.5, 0.6) is 0 Å². The summed E-state index contributed by atoms with van der Waals surface area (Å²) in [7, 11) is -3.57. The molecule has 0 bridgehead atoms. The van der Waals surface area contributed by atoms with Crippen LogP contribution in [0.1, 0.15) is 72.4 Å². The van der Waals surface area contributed by atoms with E-state index < -0.39 is 21.8 Å². The van der Waals surface area contributed by atoms with Gasteiger partial charge in [0.05, 0.1) is 17.3 Å². The molecule has 1 aliphatic heterocycles. The minimum Gasteiger partial charge on any atom is -0.461 e. The number of benzene rings is 1. The number of carbonyl (C=O) groups excluding carboxylic acids is 3. The number of ether oxygens (including phenoxy) is 2. The zero-order chi connectivity index (χ0) is 30.2. The fourth-order valence-electron chi connectivity index (χ4n) is 4.43. The van der Waals surface area contributed by atoms with Gasteiger partial charge < -0.3 is 19.8 Å². The van der Waals surface area contributed by atoms with Crippen LogP contribution in [0.15, 0.2) is 58.7 Å². The molecular weight excluding hydrogens is 544 g/mol. The van der Waals surface area contributed by atoms with Gasteiger partial charge in [0, 0.05) is 23.4 Å². The van der Waals surface area contributed by atoms with Crippen LogP contribution in [0, 0.1) is 13.8 Å². The van der Waals surface area contributed by atoms with E-state index >= 15 is 0 Å². The number of nitrogens with one attached hydrogen (secondary N) is 2. The number of aromatic nitrogens is 1. The summed E-state index contributed by atoms with van der Waals surface area (Å²) >= 11 is 0. The van der Waals surface area contributed by atoms with Crippen LogP contribution in [-0.2, 0) is 35.3 Å². The maximum atomic E-state index is 12.9. The van der Waals surface area contributed by atoms with E-state index in [1.807, 2.05) is 20.8 Å². The zero-order valence-electron chi connectivity index (χ0n) is 24.1. The first kappa shape index (κ1) is 31.6. The van der Waals surface area contributed by atoms with Crippen molar-refractivity contribution in [2.24, 2.45) is 0 Å². The molecule has 0 aliphatic carbocycles. The molecule has 1 aromatic heterocycles. The molecule has 1 amide bonds. The topological polar surface area (TPSA) is 132 Å². The first-order valence-electron chi connectivity index (χ1n) is 13.7. The summed E-state index contributed by atoms with van der Waals surface area (Å²) in [5.74, 6) is -1.50. The van der Waals surface area contributed by atoms with Crippen molar-refractivity contribution in [3.05, 3.63) is 81.8 Å². The van der Waals surface area contributed by atoms with Crippen LogP contribution < -0.4 is 5.32 Å². The molecule has 0 spiro atoms. The molecule has 0 saturated heterocycles. The Balaban J connectivity index is 1.87. The first-order chi connectivity index (χ1) is 19.5. The Morgan fingerprint density at radius 1 is 1.05 bits per heavy atom. The Morgan fingerprint density at radius 3 is 2.41 bits per heavy atom. The highest BCUT2D eigenvalue weighted by atomic mass is 32.2. The van der Waals surface area contributed by atoms with Crippen molar-refractivity contribution >= 4 is 33.8 Å². The van der Waals surface area contributed by atoms with Crippen LogP contribution in [0.25, 0.3) is 6.08 Å². The molecule has 220 valence electrons. The van der Waals surface area contributed by atoms with E-state index in [9.17, 15) is 22.8 Å². The van der Waals surface area contributed by atoms with Gasteiger partial charge in [-0.25, -0.2) is 13.2 Å². The summed E-state index contributed by atoms with van der Waals surface area (Å²) in [6.45, 7) is 11.4. The van der Waals surface area contributed by atoms with Gasteiger partial charge in [-0.15, -0.1) is 0 Å². The van der Waals surface area contributed by atoms with E-state index in [4.69, 9.17) is 9.47 Å². The van der Waals surface area contributed by atoms with E-state index in [-0.39, 0.29) is 54.7 Å². The largest absolute Gasteiger partial charge is 0.461 e. The molecule has 2 N–H and O–H groups in total. The molecule has 0 unspecified atom stereocenters. The number of carbonyl (C=O) groups is 3. The van der Waals surface area contributed by atoms with E-state index in [0.717, 1.165) is 24.0 Å². The number of aromatic amines is 1. The Kier molecular flexibility index (Phi) is 10.9. The number of sulfone groups is 1. The smallest absolute Gasteiger partial charge is 0.355 e. The number of hydrogen-bond donors (Lipinski definition) is 2. The third-order valence-corrected chi connectivity index (χ3v) is 8.70. The third-order valence-electron chi connectivity index (χ3n) is 6.96. The molecule has 0 saturated carbocycles. The van der Waals surface area contributed by atoms with Crippen molar-refractivity contribution in [3.8, 4) is 0 Å². The Hall–Kier alpha value is -3.92. The molecule has 41 heavy (non-hydrogen) atoms. The van der Waals surface area contributed by atoms with Crippen LogP contribution in [0.4, 0.5) is 0 Å². The molecule has 3 rings (SSSR count). The zero-order valence-corrected chi connectivity index (χ0v) is 24.9. The molecule has 1 aromatic carbocycles. The maximum Gasteiger partial charge on any atom is 0.355 e. The number of rotatable bonds is 14. The Morgan fingerprint density at radius 2 is 1.76 bits per heavy atom. The third kappa shape index (κ3) is 8.07. The highest BCUT2D eigenvalue weighted by Gasteiger charge is 2.28. The Bertz CT molecular complexity index is 1480. The van der Waals surface area contributed by atoms with Gasteiger partial charge in [-0.3, -0.25) is 9.59 Å². The van der Waals surface area contributed by atoms with Gasteiger partial charge in [-0.1, -0.05) is 43.7 Å². The molecular formula is C31H38N2O7S. The summed E-state index contributed by atoms with van der Waals surface area (Å²) in [5, 5.41) is 2.82. The summed E-state index contributed by atoms with van der Waals surface area (Å²) in [4.78, 5) is 41.2. The fraction of sp³-hybridized carbons (Fsp3) is 0.387. The lowest BCUT2D eigenvalue weighted by Crippen LogP contribution is -2.18. The van der Waals surface area contributed by atoms with Crippen molar-refractivity contribution in [1.29, 1.82) is 0 Å². The van der Waals surface area contributed by atoms with E-state index in [2.05, 4.69) is 16.9 Å². The lowest BCUT2D eigenvalue weighted by atomic mass is 10.0. The quantitative estimate of drug-likeness (QED) is 0.184. The SMILES string of the molecule is C=CCOC(=O)CCc1c(C(=O)OCCCC)[nH]c(/C=C2\NC(=O)C(CCS(=O)(=O)c3ccc(C)cc3)=C2C)c1C. The number of H-pyrrole nitrogens is 1. The maximum absolute atomic E-state index is 12.9. The van der Waals surface area contributed by atoms with Gasteiger partial charge in [0.25, 0.3) is 5.91 Å². The minimum atomic E-state index is -3.57. The van der Waals surface area contributed by atoms with E-state index in [1.165, 1.54) is 6.08 Å². The molecule has 0 atom stereocenters. The predicted octanol–water partition coefficient (Wildman–Crippen LogP) is 4.90. The summed E-state index contributed by atoms with van der Waals surface area (Å²) in [6, 6.07) is 6.63. The summed E-state index contributed by atoms with van der Waals surface area (Å²) < 4.78 is 36.2. The Labute approximate surface area is 241 Å². The van der Waals surface area contributed by atoms with Crippen molar-refractivity contribution in [3.63, 3.8) is 0 Å². The van der Waals surface area contributed by atoms with Crippen molar-refractivity contribution in [1.82, 2.24) is 10.3 Å². The van der Waals surface area contributed by atoms with Gasteiger partial charge >= 0.3 is 11.9 Å². The van der Waals surface area contributed by atoms with E-state index in [1.54, 1.807) is 37.3 Å². The van der Waals surface area contributed by atoms with Crippen molar-refractivity contribution < 1.29 is 32.3 Å². The second kappa shape index (κ2) is 14.1. The number of allylic oxidation sites excluding steroid dienone is 1. The standard InChI is InChI=1S/C31H38N2O7S/c1-6-8-17-40-31(36)29-24(13-14-28(34)39-16-7-2)21(4)26(32-29)19-27-22(5)25(30(35)33-27)15-18-41(37,38)23-11-9-20(3)10-12-23/h7,9-12,19,32H,2,6,8,13-18H2,1,3-5H3,(H,33,35)/b27-19-. The van der Waals surface area contributed by atoms with Gasteiger partial charge in [0.1, 0.15) is 12.3 Å². The van der Waals surface area contributed by atoms with E-state index in [0.29, 0.717) is 28.1 Å². The normalized spacial score (nSPS) is 14.3. The number of aryl methyl sites for hydroxylation is 1. The highest BCUT2D eigenvalue weighted by Crippen LogP contribution is 2.29. The molecule has 2 aromatic rings. The molecule has 1 aliphatic rings. The highest BCUT2D eigenvalue weighted by molar-refractivity contribution is 7.91. The minimum absolute atomic E-state index is 0.0575. The van der Waals surface area contributed by atoms with Gasteiger partial charge in [0.2, 0.25) is 0 Å². The van der Waals surface area contributed by atoms with Crippen LogP contribution in [-0.4, -0.2) is 50.2 Å². The monoisotopic (exact) mass is 582 g/mol. The molecule has 2 heterocycles. The second-order valence-electron chi connectivity index (χ2n) is 9.98. The molecule has 0 fully saturated rings. The summed E-state index contributed by atoms with van der Waals surface area (Å²) in [6.07, 6.45) is 5.17. The molecule has 0 radical (unpaired) electrons. The van der Waals surface area contributed by atoms with Crippen LogP contribution >= 0.6 is 0 Å². The average molecular weight is 583 g/mol. The number of amides is 1. The van der Waals surface area contributed by atoms with Crippen molar-refractivity contribution in [2.75, 3.05) is 19.0 Å². The van der Waals surface area contributed by atoms with Crippen LogP contribution in [0.2, 0.25) is 0 Å². The molecule has 10 heteroatoms. The molecule has 9 nitrogen and oxygen atoms in total. The van der Waals surface area contributed by atoms with Gasteiger partial charge in [-0.05, 0) is 74.9 Å². The summed E-state index contributed by atoms with van der Waals surface area (Å²) in [5.41, 5.74) is 4.66. The first-order valence-corrected chi connectivity index (χ1v) is 15.3. The number of hydrogen-bond acceptors (Lipinski definition) is 7. The number of unbranched alkanes of at least 4 members (excludes halogenated alkanes) is 1. The number of esters is 2. The lowest BCUT2D eigenvalue weighted by molar-refractivity contribution is -0.142.